The lowest BCUT2D eigenvalue weighted by molar-refractivity contribution is -0.136. The predicted octanol–water partition coefficient (Wildman–Crippen LogP) is 5.67. The largest absolute Gasteiger partial charge is 0.489 e. The number of carboxylic acids is 1. The van der Waals surface area contributed by atoms with Gasteiger partial charge in [0.2, 0.25) is 0 Å². The second-order valence-electron chi connectivity index (χ2n) is 8.36. The van der Waals surface area contributed by atoms with Gasteiger partial charge in [-0.3, -0.25) is 9.59 Å². The number of carbonyl (C=O) groups is 2. The molecule has 0 spiro atoms. The van der Waals surface area contributed by atoms with Crippen LogP contribution >= 0.6 is 11.6 Å². The van der Waals surface area contributed by atoms with Crippen LogP contribution in [0.3, 0.4) is 0 Å². The first-order chi connectivity index (χ1) is 17.9. The summed E-state index contributed by atoms with van der Waals surface area (Å²) >= 11 is 6.02. The summed E-state index contributed by atoms with van der Waals surface area (Å²) in [6, 6.07) is 20.1. The Kier molecular flexibility index (Phi) is 10.8. The molecule has 8 heteroatoms. The monoisotopic (exact) mass is 525 g/mol. The summed E-state index contributed by atoms with van der Waals surface area (Å²) in [5.74, 6) is 0.186. The fourth-order valence-corrected chi connectivity index (χ4v) is 3.83. The van der Waals surface area contributed by atoms with Gasteiger partial charge < -0.3 is 24.2 Å². The third kappa shape index (κ3) is 8.81. The average molecular weight is 526 g/mol. The van der Waals surface area contributed by atoms with Crippen LogP contribution < -0.4 is 14.4 Å². The fraction of sp³-hybridized carbons (Fsp3) is 0.310. The normalized spacial score (nSPS) is 10.7. The minimum absolute atomic E-state index is 0.0501. The second kappa shape index (κ2) is 14.3. The molecule has 3 aromatic carbocycles. The number of hydrogen-bond donors (Lipinski definition) is 1. The van der Waals surface area contributed by atoms with Crippen LogP contribution in [0.5, 0.6) is 11.5 Å². The Morgan fingerprint density at radius 2 is 1.59 bits per heavy atom. The van der Waals surface area contributed by atoms with E-state index < -0.39 is 5.97 Å². The molecular weight excluding hydrogens is 494 g/mol. The van der Waals surface area contributed by atoms with Gasteiger partial charge in [0.1, 0.15) is 6.61 Å². The van der Waals surface area contributed by atoms with E-state index in [0.717, 1.165) is 16.8 Å². The van der Waals surface area contributed by atoms with Crippen molar-refractivity contribution >= 4 is 29.2 Å². The van der Waals surface area contributed by atoms with E-state index in [1.54, 1.807) is 36.2 Å². The standard InChI is InChI=1S/C29H32ClNO6/c1-3-35-17-18-37-27-19-22(10-14-28(32)33)9-13-26(27)36-16-15-21-7-11-25(12-8-21)31(2)29(34)23-5-4-6-24(30)20-23/h4-9,11-13,19-20H,3,10,14-18H2,1-2H3,(H,32,33). The predicted molar refractivity (Wildman–Crippen MR) is 144 cm³/mol. The van der Waals surface area contributed by atoms with E-state index in [2.05, 4.69) is 0 Å². The minimum Gasteiger partial charge on any atom is -0.489 e. The SMILES string of the molecule is CCOCCOc1cc(CCC(=O)O)ccc1OCCc1ccc(N(C)C(=O)c2cccc(Cl)c2)cc1. The topological polar surface area (TPSA) is 85.3 Å². The molecule has 0 saturated heterocycles. The van der Waals surface area contributed by atoms with Crippen LogP contribution in [-0.4, -0.2) is 50.5 Å². The number of rotatable bonds is 14. The molecule has 196 valence electrons. The summed E-state index contributed by atoms with van der Waals surface area (Å²) in [4.78, 5) is 25.3. The molecule has 0 atom stereocenters. The molecular formula is C29H32ClNO6. The van der Waals surface area contributed by atoms with Gasteiger partial charge in [-0.15, -0.1) is 0 Å². The average Bonchev–Trinajstić information content (AvgIpc) is 2.90. The highest BCUT2D eigenvalue weighted by atomic mass is 35.5. The highest BCUT2D eigenvalue weighted by Gasteiger charge is 2.14. The molecule has 3 rings (SSSR count). The molecule has 0 fully saturated rings. The van der Waals surface area contributed by atoms with Gasteiger partial charge in [-0.25, -0.2) is 0 Å². The van der Waals surface area contributed by atoms with E-state index in [1.165, 1.54) is 0 Å². The first-order valence-corrected chi connectivity index (χ1v) is 12.6. The number of carboxylic acid groups (broad SMARTS) is 1. The molecule has 3 aromatic rings. The third-order valence-corrected chi connectivity index (χ3v) is 5.91. The number of halogens is 1. The Labute approximate surface area is 222 Å². The van der Waals surface area contributed by atoms with E-state index in [-0.39, 0.29) is 12.3 Å². The van der Waals surface area contributed by atoms with Gasteiger partial charge >= 0.3 is 5.97 Å². The summed E-state index contributed by atoms with van der Waals surface area (Å²) in [5, 5.41) is 9.48. The quantitative estimate of drug-likeness (QED) is 0.273. The Hall–Kier alpha value is -3.55. The zero-order chi connectivity index (χ0) is 26.6. The number of amides is 1. The number of anilines is 1. The smallest absolute Gasteiger partial charge is 0.303 e. The van der Waals surface area contributed by atoms with Crippen LogP contribution in [0.1, 0.15) is 34.8 Å². The molecule has 0 radical (unpaired) electrons. The number of carbonyl (C=O) groups excluding carboxylic acids is 1. The van der Waals surface area contributed by atoms with Gasteiger partial charge in [0.25, 0.3) is 5.91 Å². The highest BCUT2D eigenvalue weighted by molar-refractivity contribution is 6.31. The van der Waals surface area contributed by atoms with Crippen LogP contribution in [0.15, 0.2) is 66.7 Å². The van der Waals surface area contributed by atoms with E-state index >= 15 is 0 Å². The van der Waals surface area contributed by atoms with Crippen molar-refractivity contribution in [2.75, 3.05) is 38.4 Å². The van der Waals surface area contributed by atoms with Gasteiger partial charge in [-0.2, -0.15) is 0 Å². The number of benzene rings is 3. The molecule has 0 heterocycles. The van der Waals surface area contributed by atoms with E-state index in [9.17, 15) is 9.59 Å². The zero-order valence-electron chi connectivity index (χ0n) is 21.1. The molecule has 1 N–H and O–H groups in total. The van der Waals surface area contributed by atoms with E-state index in [1.807, 2.05) is 49.4 Å². The molecule has 0 aliphatic rings. The first kappa shape index (κ1) is 28.0. The highest BCUT2D eigenvalue weighted by Crippen LogP contribution is 2.29. The maximum absolute atomic E-state index is 12.8. The van der Waals surface area contributed by atoms with E-state index in [4.69, 9.17) is 30.9 Å². The summed E-state index contributed by atoms with van der Waals surface area (Å²) in [6.07, 6.45) is 1.12. The van der Waals surface area contributed by atoms with Gasteiger partial charge in [-0.1, -0.05) is 35.9 Å². The molecule has 0 aromatic heterocycles. The molecule has 0 unspecified atom stereocenters. The molecule has 1 amide bonds. The first-order valence-electron chi connectivity index (χ1n) is 12.2. The third-order valence-electron chi connectivity index (χ3n) is 5.67. The van der Waals surface area contributed by atoms with Gasteiger partial charge in [0, 0.05) is 42.8 Å². The number of aryl methyl sites for hydroxylation is 1. The number of ether oxygens (including phenoxy) is 3. The molecule has 37 heavy (non-hydrogen) atoms. The van der Waals surface area contributed by atoms with Crippen molar-refractivity contribution in [3.05, 3.63) is 88.4 Å². The Morgan fingerprint density at radius 1 is 0.865 bits per heavy atom. The van der Waals surface area contributed by atoms with Gasteiger partial charge in [0.15, 0.2) is 11.5 Å². The van der Waals surface area contributed by atoms with Crippen LogP contribution in [-0.2, 0) is 22.4 Å². The van der Waals surface area contributed by atoms with Crippen LogP contribution in [0.2, 0.25) is 5.02 Å². The molecule has 0 aliphatic heterocycles. The van der Waals surface area contributed by atoms with Crippen molar-refractivity contribution in [2.45, 2.75) is 26.2 Å². The van der Waals surface area contributed by atoms with Gasteiger partial charge in [-0.05, 0) is 66.9 Å². The maximum Gasteiger partial charge on any atom is 0.303 e. The summed E-state index contributed by atoms with van der Waals surface area (Å²) < 4.78 is 17.2. The van der Waals surface area contributed by atoms with E-state index in [0.29, 0.717) is 61.4 Å². The van der Waals surface area contributed by atoms with Crippen LogP contribution in [0.25, 0.3) is 0 Å². The van der Waals surface area contributed by atoms with Crippen LogP contribution in [0, 0.1) is 0 Å². The summed E-state index contributed by atoms with van der Waals surface area (Å²) in [7, 11) is 1.73. The fourth-order valence-electron chi connectivity index (χ4n) is 3.64. The lowest BCUT2D eigenvalue weighted by atomic mass is 10.1. The van der Waals surface area contributed by atoms with Crippen LogP contribution in [0.4, 0.5) is 5.69 Å². The van der Waals surface area contributed by atoms with Crippen molar-refractivity contribution in [3.8, 4) is 11.5 Å². The lowest BCUT2D eigenvalue weighted by Gasteiger charge is -2.18. The van der Waals surface area contributed by atoms with Gasteiger partial charge in [0.05, 0.1) is 13.2 Å². The molecule has 0 saturated carbocycles. The van der Waals surface area contributed by atoms with Crippen molar-refractivity contribution in [3.63, 3.8) is 0 Å². The van der Waals surface area contributed by atoms with Crippen molar-refractivity contribution in [1.29, 1.82) is 0 Å². The number of nitrogens with zero attached hydrogens (tertiary/aromatic N) is 1. The summed E-state index contributed by atoms with van der Waals surface area (Å²) in [6.45, 7) is 3.77. The molecule has 0 aliphatic carbocycles. The number of hydrogen-bond acceptors (Lipinski definition) is 5. The molecule has 7 nitrogen and oxygen atoms in total. The Bertz CT molecular complexity index is 1180. The summed E-state index contributed by atoms with van der Waals surface area (Å²) in [5.41, 5.74) is 3.23. The Balaban J connectivity index is 1.58. The zero-order valence-corrected chi connectivity index (χ0v) is 21.9. The Morgan fingerprint density at radius 3 is 2.30 bits per heavy atom. The maximum atomic E-state index is 12.8. The lowest BCUT2D eigenvalue weighted by Crippen LogP contribution is -2.26. The minimum atomic E-state index is -0.842. The van der Waals surface area contributed by atoms with Crippen molar-refractivity contribution in [2.24, 2.45) is 0 Å². The van der Waals surface area contributed by atoms with Crippen molar-refractivity contribution in [1.82, 2.24) is 0 Å². The van der Waals surface area contributed by atoms with Crippen molar-refractivity contribution < 1.29 is 28.9 Å². The second-order valence-corrected chi connectivity index (χ2v) is 8.80. The molecule has 0 bridgehead atoms. The number of aliphatic carboxylic acids is 1.